The van der Waals surface area contributed by atoms with Gasteiger partial charge in [-0.1, -0.05) is 5.10 Å². The Morgan fingerprint density at radius 3 is 2.48 bits per heavy atom. The molecule has 1 N–H and O–H groups in total. The number of benzene rings is 1. The van der Waals surface area contributed by atoms with Gasteiger partial charge in [0.2, 0.25) is 5.89 Å². The molecule has 0 bridgehead atoms. The first-order valence-electron chi connectivity index (χ1n) is 7.32. The zero-order valence-corrected chi connectivity index (χ0v) is 12.8. The number of alkyl halides is 1. The summed E-state index contributed by atoms with van der Waals surface area (Å²) in [6.07, 6.45) is 3.90. The van der Waals surface area contributed by atoms with Crippen molar-refractivity contribution >= 4 is 29.0 Å². The molecule has 0 spiro atoms. The van der Waals surface area contributed by atoms with Crippen LogP contribution in [0.4, 0.5) is 17.4 Å². The highest BCUT2D eigenvalue weighted by molar-refractivity contribution is 6.20. The second-order valence-corrected chi connectivity index (χ2v) is 5.94. The van der Waals surface area contributed by atoms with Crippen molar-refractivity contribution < 1.29 is 4.42 Å². The van der Waals surface area contributed by atoms with Crippen molar-refractivity contribution in [3.05, 3.63) is 30.2 Å². The Kier molecular flexibility index (Phi) is 4.29. The van der Waals surface area contributed by atoms with Gasteiger partial charge in [-0.15, -0.1) is 16.7 Å². The summed E-state index contributed by atoms with van der Waals surface area (Å²) in [5.74, 6) is 0.420. The van der Waals surface area contributed by atoms with E-state index in [-0.39, 0.29) is 5.38 Å². The molecule has 2 aromatic rings. The number of anilines is 3. The lowest BCUT2D eigenvalue weighted by Crippen LogP contribution is -2.29. The Morgan fingerprint density at radius 2 is 1.86 bits per heavy atom. The van der Waals surface area contributed by atoms with E-state index in [0.717, 1.165) is 18.8 Å². The highest BCUT2D eigenvalue weighted by Gasteiger charge is 2.12. The largest absolute Gasteiger partial charge is 0.406 e. The minimum absolute atomic E-state index is 0.283. The summed E-state index contributed by atoms with van der Waals surface area (Å²) in [5, 5.41) is 10.6. The highest BCUT2D eigenvalue weighted by Crippen LogP contribution is 2.24. The predicted molar refractivity (Wildman–Crippen MR) is 84.4 cm³/mol. The van der Waals surface area contributed by atoms with E-state index in [9.17, 15) is 0 Å². The molecule has 6 heteroatoms. The molecule has 21 heavy (non-hydrogen) atoms. The van der Waals surface area contributed by atoms with Crippen LogP contribution in [0.5, 0.6) is 0 Å². The number of rotatable bonds is 4. The molecule has 0 amide bonds. The van der Waals surface area contributed by atoms with Gasteiger partial charge in [0.1, 0.15) is 5.38 Å². The molecule has 1 unspecified atom stereocenters. The molecule has 5 nitrogen and oxygen atoms in total. The number of piperidine rings is 1. The Labute approximate surface area is 129 Å². The molecule has 1 atom stereocenters. The van der Waals surface area contributed by atoms with Crippen LogP contribution in [0.1, 0.15) is 37.5 Å². The molecule has 1 aromatic carbocycles. The first-order valence-corrected chi connectivity index (χ1v) is 7.75. The highest BCUT2D eigenvalue weighted by atomic mass is 35.5. The number of aromatic nitrogens is 2. The molecule has 0 radical (unpaired) electrons. The summed E-state index contributed by atoms with van der Waals surface area (Å²) in [4.78, 5) is 2.42. The van der Waals surface area contributed by atoms with Gasteiger partial charge >= 0.3 is 6.01 Å². The SMILES string of the molecule is CC(Cl)c1nnc(Nc2ccc(N3CCCCC3)cc2)o1. The Balaban J connectivity index is 1.65. The molecule has 1 aliphatic heterocycles. The van der Waals surface area contributed by atoms with Crippen molar-refractivity contribution in [3.63, 3.8) is 0 Å². The second kappa shape index (κ2) is 6.35. The molecule has 1 aromatic heterocycles. The zero-order chi connectivity index (χ0) is 14.7. The van der Waals surface area contributed by atoms with Crippen molar-refractivity contribution in [2.45, 2.75) is 31.6 Å². The molecule has 0 aliphatic carbocycles. The summed E-state index contributed by atoms with van der Waals surface area (Å²) in [7, 11) is 0. The fourth-order valence-electron chi connectivity index (χ4n) is 2.48. The molecule has 0 saturated carbocycles. The van der Waals surface area contributed by atoms with E-state index < -0.39 is 0 Å². The summed E-state index contributed by atoms with van der Waals surface area (Å²) >= 11 is 5.90. The monoisotopic (exact) mass is 306 g/mol. The van der Waals surface area contributed by atoms with Crippen LogP contribution in [0.25, 0.3) is 0 Å². The predicted octanol–water partition coefficient (Wildman–Crippen LogP) is 4.10. The van der Waals surface area contributed by atoms with Gasteiger partial charge in [0.05, 0.1) is 0 Å². The maximum atomic E-state index is 5.90. The Hall–Kier alpha value is -1.75. The smallest absolute Gasteiger partial charge is 0.320 e. The van der Waals surface area contributed by atoms with Gasteiger partial charge < -0.3 is 14.6 Å². The van der Waals surface area contributed by atoms with Gasteiger partial charge in [-0.05, 0) is 50.5 Å². The van der Waals surface area contributed by atoms with E-state index in [2.05, 4.69) is 32.5 Å². The Morgan fingerprint density at radius 1 is 1.14 bits per heavy atom. The first-order chi connectivity index (χ1) is 10.2. The second-order valence-electron chi connectivity index (χ2n) is 5.28. The van der Waals surface area contributed by atoms with Crippen LogP contribution in [0.3, 0.4) is 0 Å². The number of halogens is 1. The van der Waals surface area contributed by atoms with Crippen LogP contribution in [0.2, 0.25) is 0 Å². The van der Waals surface area contributed by atoms with Crippen LogP contribution < -0.4 is 10.2 Å². The average Bonchev–Trinajstić information content (AvgIpc) is 2.98. The zero-order valence-electron chi connectivity index (χ0n) is 12.1. The maximum absolute atomic E-state index is 5.90. The van der Waals surface area contributed by atoms with Crippen LogP contribution in [0.15, 0.2) is 28.7 Å². The van der Waals surface area contributed by atoms with Gasteiger partial charge in [-0.2, -0.15) is 0 Å². The van der Waals surface area contributed by atoms with Crippen molar-refractivity contribution in [1.82, 2.24) is 10.2 Å². The number of hydrogen-bond acceptors (Lipinski definition) is 5. The van der Waals surface area contributed by atoms with Crippen molar-refractivity contribution in [2.75, 3.05) is 23.3 Å². The lowest BCUT2D eigenvalue weighted by Gasteiger charge is -2.28. The minimum Gasteiger partial charge on any atom is -0.406 e. The van der Waals surface area contributed by atoms with Crippen LogP contribution >= 0.6 is 11.6 Å². The number of nitrogens with one attached hydrogen (secondary N) is 1. The van der Waals surface area contributed by atoms with Crippen molar-refractivity contribution in [2.24, 2.45) is 0 Å². The standard InChI is InChI=1S/C15H19ClN4O/c1-11(16)14-18-19-15(21-14)17-12-5-7-13(8-6-12)20-9-3-2-4-10-20/h5-8,11H,2-4,9-10H2,1H3,(H,17,19). The third-order valence-corrected chi connectivity index (χ3v) is 3.81. The average molecular weight is 307 g/mol. The lowest BCUT2D eigenvalue weighted by atomic mass is 10.1. The third-order valence-electron chi connectivity index (χ3n) is 3.62. The van der Waals surface area contributed by atoms with Gasteiger partial charge in [0.25, 0.3) is 0 Å². The maximum Gasteiger partial charge on any atom is 0.320 e. The van der Waals surface area contributed by atoms with E-state index in [1.165, 1.54) is 24.9 Å². The van der Waals surface area contributed by atoms with Crippen LogP contribution in [-0.4, -0.2) is 23.3 Å². The van der Waals surface area contributed by atoms with Gasteiger partial charge in [0.15, 0.2) is 0 Å². The molecular formula is C15H19ClN4O. The van der Waals surface area contributed by atoms with Crippen LogP contribution in [-0.2, 0) is 0 Å². The molecule has 3 rings (SSSR count). The summed E-state index contributed by atoms with van der Waals surface area (Å²) in [6, 6.07) is 8.66. The lowest BCUT2D eigenvalue weighted by molar-refractivity contribution is 0.510. The summed E-state index contributed by atoms with van der Waals surface area (Å²) in [6.45, 7) is 4.09. The quantitative estimate of drug-likeness (QED) is 0.862. The fraction of sp³-hybridized carbons (Fsp3) is 0.467. The number of nitrogens with zero attached hydrogens (tertiary/aromatic N) is 3. The summed E-state index contributed by atoms with van der Waals surface area (Å²) < 4.78 is 5.42. The normalized spacial score (nSPS) is 16.8. The van der Waals surface area contributed by atoms with Gasteiger partial charge in [-0.25, -0.2) is 0 Å². The molecule has 2 heterocycles. The Bertz CT molecular complexity index is 576. The third kappa shape index (κ3) is 3.47. The molecule has 112 valence electrons. The van der Waals surface area contributed by atoms with E-state index in [1.54, 1.807) is 6.92 Å². The fourth-order valence-corrected chi connectivity index (χ4v) is 2.57. The molecule has 1 aliphatic rings. The summed E-state index contributed by atoms with van der Waals surface area (Å²) in [5.41, 5.74) is 2.19. The van der Waals surface area contributed by atoms with Crippen LogP contribution in [0, 0.1) is 0 Å². The molecule has 1 saturated heterocycles. The van der Waals surface area contributed by atoms with E-state index >= 15 is 0 Å². The van der Waals surface area contributed by atoms with E-state index in [1.807, 2.05) is 12.1 Å². The first kappa shape index (κ1) is 14.2. The number of hydrogen-bond donors (Lipinski definition) is 1. The van der Waals surface area contributed by atoms with Crippen molar-refractivity contribution in [1.29, 1.82) is 0 Å². The van der Waals surface area contributed by atoms with E-state index in [4.69, 9.17) is 16.0 Å². The molecular weight excluding hydrogens is 288 g/mol. The van der Waals surface area contributed by atoms with Crippen molar-refractivity contribution in [3.8, 4) is 0 Å². The van der Waals surface area contributed by atoms with Gasteiger partial charge in [0, 0.05) is 24.5 Å². The van der Waals surface area contributed by atoms with Gasteiger partial charge in [-0.3, -0.25) is 0 Å². The minimum atomic E-state index is -0.283. The molecule has 1 fully saturated rings. The van der Waals surface area contributed by atoms with E-state index in [0.29, 0.717) is 11.9 Å². The topological polar surface area (TPSA) is 54.2 Å².